The van der Waals surface area contributed by atoms with Crippen molar-refractivity contribution in [3.05, 3.63) is 0 Å². The highest BCUT2D eigenvalue weighted by Gasteiger charge is 2.22. The molecule has 0 aromatic heterocycles. The van der Waals surface area contributed by atoms with Gasteiger partial charge in [0.25, 0.3) is 0 Å². The minimum absolute atomic E-state index is 0.294. The molecule has 0 bridgehead atoms. The van der Waals surface area contributed by atoms with Crippen LogP contribution in [-0.2, 0) is 0 Å². The van der Waals surface area contributed by atoms with Crippen LogP contribution in [0, 0.1) is 0 Å². The van der Waals surface area contributed by atoms with Crippen molar-refractivity contribution in [1.29, 1.82) is 0 Å². The Kier molecular flexibility index (Phi) is 25.3. The van der Waals surface area contributed by atoms with Gasteiger partial charge in [0.2, 0.25) is 0 Å². The Balaban J connectivity index is 3.15. The van der Waals surface area contributed by atoms with Crippen LogP contribution in [0.3, 0.4) is 0 Å². The number of hydrogen-bond donors (Lipinski definition) is 4. The highest BCUT2D eigenvalue weighted by molar-refractivity contribution is 4.77. The molecule has 32 heavy (non-hydrogen) atoms. The zero-order valence-corrected chi connectivity index (χ0v) is 21.6. The van der Waals surface area contributed by atoms with Gasteiger partial charge in [-0.3, -0.25) is 0 Å². The summed E-state index contributed by atoms with van der Waals surface area (Å²) < 4.78 is 0. The van der Waals surface area contributed by atoms with Crippen LogP contribution < -0.4 is 5.73 Å². The molecule has 4 heteroatoms. The highest BCUT2D eigenvalue weighted by atomic mass is 16.3. The monoisotopic (exact) mass is 457 g/mol. The van der Waals surface area contributed by atoms with Crippen molar-refractivity contribution in [3.8, 4) is 0 Å². The van der Waals surface area contributed by atoms with Gasteiger partial charge in [-0.15, -0.1) is 0 Å². The van der Waals surface area contributed by atoms with Gasteiger partial charge in [0.15, 0.2) is 0 Å². The standard InChI is InChI=1S/C28H59NO3/c1-2-3-4-5-6-7-8-9-10-11-12-13-14-15-16-17-18-19-20-21-22-23-24-27(31)28(32)26(29)25-30/h26-28,30-32H,2-25,29H2,1H3. The van der Waals surface area contributed by atoms with Gasteiger partial charge in [-0.1, -0.05) is 148 Å². The lowest BCUT2D eigenvalue weighted by atomic mass is 10.00. The third kappa shape index (κ3) is 21.7. The molecule has 0 saturated heterocycles. The van der Waals surface area contributed by atoms with Crippen LogP contribution in [0.2, 0.25) is 0 Å². The molecule has 5 N–H and O–H groups in total. The minimum Gasteiger partial charge on any atom is -0.395 e. The SMILES string of the molecule is CCCCCCCCCCCCCCCCCCCCCCCCC(O)C(O)C(N)CO. The minimum atomic E-state index is -1.02. The second kappa shape index (κ2) is 25.5. The van der Waals surface area contributed by atoms with Crippen LogP contribution in [0.25, 0.3) is 0 Å². The first-order valence-corrected chi connectivity index (χ1v) is 14.4. The van der Waals surface area contributed by atoms with Crippen LogP contribution in [-0.4, -0.2) is 40.2 Å². The second-order valence-electron chi connectivity index (χ2n) is 10.1. The summed E-state index contributed by atoms with van der Waals surface area (Å²) in [6.07, 6.45) is 28.7. The summed E-state index contributed by atoms with van der Waals surface area (Å²) in [5, 5.41) is 28.5. The maximum Gasteiger partial charge on any atom is 0.0971 e. The smallest absolute Gasteiger partial charge is 0.0971 e. The molecule has 0 heterocycles. The fourth-order valence-electron chi connectivity index (χ4n) is 4.53. The van der Waals surface area contributed by atoms with Crippen molar-refractivity contribution in [2.24, 2.45) is 5.73 Å². The Bertz CT molecular complexity index is 354. The molecule has 0 aliphatic rings. The van der Waals surface area contributed by atoms with Crippen LogP contribution in [0.4, 0.5) is 0 Å². The first-order valence-electron chi connectivity index (χ1n) is 14.4. The maximum absolute atomic E-state index is 9.84. The summed E-state index contributed by atoms with van der Waals surface area (Å²) >= 11 is 0. The molecule has 0 aliphatic carbocycles. The Morgan fingerprint density at radius 1 is 0.500 bits per heavy atom. The van der Waals surface area contributed by atoms with E-state index in [0.717, 1.165) is 12.8 Å². The van der Waals surface area contributed by atoms with Crippen molar-refractivity contribution in [2.45, 2.75) is 173 Å². The predicted molar refractivity (Wildman–Crippen MR) is 139 cm³/mol. The summed E-state index contributed by atoms with van der Waals surface area (Å²) in [4.78, 5) is 0. The van der Waals surface area contributed by atoms with E-state index >= 15 is 0 Å². The lowest BCUT2D eigenvalue weighted by Gasteiger charge is -2.22. The lowest BCUT2D eigenvalue weighted by molar-refractivity contribution is -0.0121. The van der Waals surface area contributed by atoms with E-state index in [9.17, 15) is 10.2 Å². The summed E-state index contributed by atoms with van der Waals surface area (Å²) in [7, 11) is 0. The molecule has 0 fully saturated rings. The Morgan fingerprint density at radius 2 is 0.781 bits per heavy atom. The molecule has 0 aliphatic heterocycles. The van der Waals surface area contributed by atoms with E-state index in [1.165, 1.54) is 128 Å². The normalized spacial score (nSPS) is 14.5. The first-order chi connectivity index (χ1) is 15.6. The summed E-state index contributed by atoms with van der Waals surface area (Å²) in [5.74, 6) is 0. The van der Waals surface area contributed by atoms with Crippen molar-refractivity contribution in [2.75, 3.05) is 6.61 Å². The van der Waals surface area contributed by atoms with Gasteiger partial charge < -0.3 is 21.1 Å². The van der Waals surface area contributed by atoms with Crippen molar-refractivity contribution < 1.29 is 15.3 Å². The topological polar surface area (TPSA) is 86.7 Å². The maximum atomic E-state index is 9.84. The second-order valence-corrected chi connectivity index (χ2v) is 10.1. The molecule has 0 amide bonds. The predicted octanol–water partition coefficient (Wildman–Crippen LogP) is 7.02. The molecule has 0 saturated carbocycles. The zero-order valence-electron chi connectivity index (χ0n) is 21.6. The molecule has 0 aromatic carbocycles. The van der Waals surface area contributed by atoms with Gasteiger partial charge in [0.1, 0.15) is 0 Å². The molecule has 3 unspecified atom stereocenters. The van der Waals surface area contributed by atoms with Gasteiger partial charge >= 0.3 is 0 Å². The molecule has 0 radical (unpaired) electrons. The Labute approximate surface area is 200 Å². The molecule has 4 nitrogen and oxygen atoms in total. The summed E-state index contributed by atoms with van der Waals surface area (Å²) in [6, 6.07) is -0.746. The first kappa shape index (κ1) is 31.8. The fraction of sp³-hybridized carbons (Fsp3) is 1.00. The Hall–Kier alpha value is -0.160. The average molecular weight is 458 g/mol. The number of rotatable bonds is 26. The number of hydrogen-bond acceptors (Lipinski definition) is 4. The van der Waals surface area contributed by atoms with Gasteiger partial charge in [-0.2, -0.15) is 0 Å². The fourth-order valence-corrected chi connectivity index (χ4v) is 4.53. The summed E-state index contributed by atoms with van der Waals surface area (Å²) in [5.41, 5.74) is 5.54. The molecule has 3 atom stereocenters. The van der Waals surface area contributed by atoms with E-state index in [0.29, 0.717) is 6.42 Å². The molecule has 194 valence electrons. The quantitative estimate of drug-likeness (QED) is 0.105. The van der Waals surface area contributed by atoms with E-state index in [4.69, 9.17) is 10.8 Å². The Morgan fingerprint density at radius 3 is 1.06 bits per heavy atom. The highest BCUT2D eigenvalue weighted by Crippen LogP contribution is 2.16. The van der Waals surface area contributed by atoms with E-state index in [1.807, 2.05) is 0 Å². The molecular weight excluding hydrogens is 398 g/mol. The van der Waals surface area contributed by atoms with Crippen molar-refractivity contribution >= 4 is 0 Å². The largest absolute Gasteiger partial charge is 0.395 e. The van der Waals surface area contributed by atoms with Crippen molar-refractivity contribution in [1.82, 2.24) is 0 Å². The third-order valence-corrected chi connectivity index (χ3v) is 6.90. The van der Waals surface area contributed by atoms with Crippen molar-refractivity contribution in [3.63, 3.8) is 0 Å². The van der Waals surface area contributed by atoms with Gasteiger partial charge in [0.05, 0.1) is 24.9 Å². The number of aliphatic hydroxyl groups excluding tert-OH is 3. The molecule has 0 aromatic rings. The number of unbranched alkanes of at least 4 members (excludes halogenated alkanes) is 21. The van der Waals surface area contributed by atoms with Gasteiger partial charge in [-0.05, 0) is 6.42 Å². The van der Waals surface area contributed by atoms with E-state index in [1.54, 1.807) is 0 Å². The van der Waals surface area contributed by atoms with Crippen LogP contribution >= 0.6 is 0 Å². The lowest BCUT2D eigenvalue weighted by Crippen LogP contribution is -2.45. The van der Waals surface area contributed by atoms with E-state index in [2.05, 4.69) is 6.92 Å². The average Bonchev–Trinajstić information content (AvgIpc) is 2.81. The zero-order chi connectivity index (χ0) is 23.7. The van der Waals surface area contributed by atoms with Crippen LogP contribution in [0.5, 0.6) is 0 Å². The van der Waals surface area contributed by atoms with Crippen LogP contribution in [0.15, 0.2) is 0 Å². The van der Waals surface area contributed by atoms with Gasteiger partial charge in [-0.25, -0.2) is 0 Å². The molecule has 0 spiro atoms. The van der Waals surface area contributed by atoms with E-state index < -0.39 is 18.2 Å². The molecular formula is C28H59NO3. The third-order valence-electron chi connectivity index (χ3n) is 6.90. The van der Waals surface area contributed by atoms with Crippen LogP contribution in [0.1, 0.15) is 155 Å². The molecule has 0 rings (SSSR count). The van der Waals surface area contributed by atoms with E-state index in [-0.39, 0.29) is 6.61 Å². The summed E-state index contributed by atoms with van der Waals surface area (Å²) in [6.45, 7) is 1.99. The number of aliphatic hydroxyl groups is 3. The number of nitrogens with two attached hydrogens (primary N) is 1. The van der Waals surface area contributed by atoms with Gasteiger partial charge in [0, 0.05) is 0 Å².